The van der Waals surface area contributed by atoms with Crippen LogP contribution in [0.15, 0.2) is 41.4 Å². The summed E-state index contributed by atoms with van der Waals surface area (Å²) >= 11 is 0. The predicted octanol–water partition coefficient (Wildman–Crippen LogP) is 1.48. The Balaban J connectivity index is 2.26. The largest absolute Gasteiger partial charge is 0.491 e. The SMILES string of the molecule is Nc1nc(-c2ccco2)c(-c2ccncn2)nc1O. The average Bonchev–Trinajstić information content (AvgIpc) is 2.96. The van der Waals surface area contributed by atoms with E-state index in [9.17, 15) is 5.11 Å². The molecular weight excluding hydrogens is 246 g/mol. The van der Waals surface area contributed by atoms with E-state index >= 15 is 0 Å². The molecule has 7 heteroatoms. The second-order valence-corrected chi connectivity index (χ2v) is 3.70. The lowest BCUT2D eigenvalue weighted by Crippen LogP contribution is -2.00. The Bertz CT molecular complexity index is 698. The molecule has 0 aromatic carbocycles. The summed E-state index contributed by atoms with van der Waals surface area (Å²) in [7, 11) is 0. The minimum absolute atomic E-state index is 0.0655. The van der Waals surface area contributed by atoms with Gasteiger partial charge in [-0.15, -0.1) is 0 Å². The Labute approximate surface area is 107 Å². The first-order chi connectivity index (χ1) is 9.25. The molecule has 3 aromatic heterocycles. The Hall–Kier alpha value is -2.96. The van der Waals surface area contributed by atoms with Gasteiger partial charge >= 0.3 is 0 Å². The molecule has 0 fully saturated rings. The standard InChI is InChI=1S/C12H9N5O2/c13-11-12(18)17-9(7-3-4-14-6-15-7)10(16-11)8-2-1-5-19-8/h1-6H,(H2,13,16)(H,17,18). The van der Waals surface area contributed by atoms with Gasteiger partial charge in [0.2, 0.25) is 0 Å². The van der Waals surface area contributed by atoms with Crippen LogP contribution in [0.2, 0.25) is 0 Å². The molecule has 0 aliphatic rings. The van der Waals surface area contributed by atoms with Crippen molar-refractivity contribution in [2.24, 2.45) is 0 Å². The van der Waals surface area contributed by atoms with Crippen molar-refractivity contribution in [2.75, 3.05) is 5.73 Å². The molecule has 19 heavy (non-hydrogen) atoms. The highest BCUT2D eigenvalue weighted by Gasteiger charge is 2.17. The Morgan fingerprint density at radius 3 is 2.74 bits per heavy atom. The molecule has 7 nitrogen and oxygen atoms in total. The number of nitrogens with two attached hydrogens (primary N) is 1. The number of hydrogen-bond donors (Lipinski definition) is 2. The smallest absolute Gasteiger partial charge is 0.255 e. The number of nitrogen functional groups attached to an aromatic ring is 1. The second kappa shape index (κ2) is 4.37. The molecular formula is C12H9N5O2. The molecule has 94 valence electrons. The number of rotatable bonds is 2. The van der Waals surface area contributed by atoms with Crippen LogP contribution in [0.3, 0.4) is 0 Å². The van der Waals surface area contributed by atoms with Crippen molar-refractivity contribution in [2.45, 2.75) is 0 Å². The maximum atomic E-state index is 9.61. The van der Waals surface area contributed by atoms with Gasteiger partial charge in [-0.3, -0.25) is 0 Å². The van der Waals surface area contributed by atoms with E-state index in [4.69, 9.17) is 10.2 Å². The van der Waals surface area contributed by atoms with Crippen LogP contribution >= 0.6 is 0 Å². The summed E-state index contributed by atoms with van der Waals surface area (Å²) in [6.45, 7) is 0. The lowest BCUT2D eigenvalue weighted by molar-refractivity contribution is 0.454. The van der Waals surface area contributed by atoms with Crippen LogP contribution in [0.5, 0.6) is 5.88 Å². The molecule has 3 heterocycles. The van der Waals surface area contributed by atoms with Gasteiger partial charge in [-0.25, -0.2) is 19.9 Å². The van der Waals surface area contributed by atoms with Crippen molar-refractivity contribution in [3.8, 4) is 28.7 Å². The Morgan fingerprint density at radius 1 is 1.16 bits per heavy atom. The molecule has 0 saturated carbocycles. The first kappa shape index (κ1) is 11.1. The van der Waals surface area contributed by atoms with Gasteiger partial charge in [0.15, 0.2) is 11.6 Å². The molecule has 0 radical (unpaired) electrons. The van der Waals surface area contributed by atoms with Crippen molar-refractivity contribution in [1.82, 2.24) is 19.9 Å². The van der Waals surface area contributed by atoms with Gasteiger partial charge in [0, 0.05) is 6.20 Å². The van der Waals surface area contributed by atoms with E-state index in [0.29, 0.717) is 22.8 Å². The van der Waals surface area contributed by atoms with Gasteiger partial charge in [0.05, 0.1) is 12.0 Å². The first-order valence-corrected chi connectivity index (χ1v) is 5.42. The number of aromatic hydroxyl groups is 1. The number of hydrogen-bond acceptors (Lipinski definition) is 7. The summed E-state index contributed by atoms with van der Waals surface area (Å²) in [4.78, 5) is 16.0. The molecule has 0 aliphatic carbocycles. The highest BCUT2D eigenvalue weighted by atomic mass is 16.3. The fourth-order valence-corrected chi connectivity index (χ4v) is 1.63. The van der Waals surface area contributed by atoms with E-state index in [-0.39, 0.29) is 11.7 Å². The molecule has 0 atom stereocenters. The van der Waals surface area contributed by atoms with Crippen molar-refractivity contribution >= 4 is 5.82 Å². The third-order valence-corrected chi connectivity index (χ3v) is 2.48. The monoisotopic (exact) mass is 255 g/mol. The van der Waals surface area contributed by atoms with E-state index in [1.165, 1.54) is 12.6 Å². The first-order valence-electron chi connectivity index (χ1n) is 5.42. The summed E-state index contributed by atoms with van der Waals surface area (Å²) in [6, 6.07) is 5.11. The lowest BCUT2D eigenvalue weighted by Gasteiger charge is -2.07. The van der Waals surface area contributed by atoms with Crippen molar-refractivity contribution < 1.29 is 9.52 Å². The van der Waals surface area contributed by atoms with E-state index in [2.05, 4.69) is 19.9 Å². The second-order valence-electron chi connectivity index (χ2n) is 3.70. The zero-order valence-electron chi connectivity index (χ0n) is 9.69. The summed E-state index contributed by atoms with van der Waals surface area (Å²) in [5.74, 6) is 0.0842. The van der Waals surface area contributed by atoms with Gasteiger partial charge in [-0.1, -0.05) is 0 Å². The van der Waals surface area contributed by atoms with Crippen LogP contribution in [-0.2, 0) is 0 Å². The van der Waals surface area contributed by atoms with Gasteiger partial charge in [-0.05, 0) is 18.2 Å². The molecule has 0 spiro atoms. The number of aromatic nitrogens is 4. The molecule has 0 bridgehead atoms. The topological polar surface area (TPSA) is 111 Å². The minimum atomic E-state index is -0.344. The fraction of sp³-hybridized carbons (Fsp3) is 0. The zero-order chi connectivity index (χ0) is 13.2. The summed E-state index contributed by atoms with van der Waals surface area (Å²) in [5.41, 5.74) is 6.89. The maximum absolute atomic E-state index is 9.61. The Kier molecular flexibility index (Phi) is 2.57. The molecule has 3 aromatic rings. The fourth-order valence-electron chi connectivity index (χ4n) is 1.63. The highest BCUT2D eigenvalue weighted by Crippen LogP contribution is 2.31. The van der Waals surface area contributed by atoms with Crippen LogP contribution < -0.4 is 5.73 Å². The van der Waals surface area contributed by atoms with Gasteiger partial charge < -0.3 is 15.3 Å². The van der Waals surface area contributed by atoms with Crippen LogP contribution in [0.4, 0.5) is 5.82 Å². The van der Waals surface area contributed by atoms with E-state index < -0.39 is 0 Å². The van der Waals surface area contributed by atoms with E-state index in [1.54, 1.807) is 24.4 Å². The number of nitrogens with zero attached hydrogens (tertiary/aromatic N) is 4. The van der Waals surface area contributed by atoms with Gasteiger partial charge in [-0.2, -0.15) is 0 Å². The molecule has 0 unspecified atom stereocenters. The molecule has 3 rings (SSSR count). The summed E-state index contributed by atoms with van der Waals surface area (Å²) in [5, 5.41) is 9.61. The third kappa shape index (κ3) is 1.97. The van der Waals surface area contributed by atoms with Gasteiger partial charge in [0.25, 0.3) is 5.88 Å². The van der Waals surface area contributed by atoms with Crippen LogP contribution in [0, 0.1) is 0 Å². The van der Waals surface area contributed by atoms with Crippen molar-refractivity contribution in [3.63, 3.8) is 0 Å². The number of furan rings is 1. The summed E-state index contributed by atoms with van der Waals surface area (Å²) < 4.78 is 5.29. The minimum Gasteiger partial charge on any atom is -0.491 e. The van der Waals surface area contributed by atoms with Crippen molar-refractivity contribution in [3.05, 3.63) is 37.0 Å². The lowest BCUT2D eigenvalue weighted by atomic mass is 10.2. The predicted molar refractivity (Wildman–Crippen MR) is 66.8 cm³/mol. The third-order valence-electron chi connectivity index (χ3n) is 2.48. The quantitative estimate of drug-likeness (QED) is 0.713. The van der Waals surface area contributed by atoms with Crippen molar-refractivity contribution in [1.29, 1.82) is 0 Å². The molecule has 0 amide bonds. The van der Waals surface area contributed by atoms with Gasteiger partial charge in [0.1, 0.15) is 17.7 Å². The highest BCUT2D eigenvalue weighted by molar-refractivity contribution is 5.75. The zero-order valence-corrected chi connectivity index (χ0v) is 9.69. The van der Waals surface area contributed by atoms with Crippen LogP contribution in [0.1, 0.15) is 0 Å². The average molecular weight is 255 g/mol. The Morgan fingerprint density at radius 2 is 2.05 bits per heavy atom. The molecule has 3 N–H and O–H groups in total. The molecule has 0 aliphatic heterocycles. The van der Waals surface area contributed by atoms with E-state index in [1.807, 2.05) is 0 Å². The normalized spacial score (nSPS) is 10.5. The maximum Gasteiger partial charge on any atom is 0.255 e. The van der Waals surface area contributed by atoms with Crippen LogP contribution in [-0.4, -0.2) is 25.0 Å². The summed E-state index contributed by atoms with van der Waals surface area (Å²) in [6.07, 6.45) is 4.48. The number of anilines is 1. The van der Waals surface area contributed by atoms with E-state index in [0.717, 1.165) is 0 Å². The molecule has 0 saturated heterocycles. The van der Waals surface area contributed by atoms with Crippen LogP contribution in [0.25, 0.3) is 22.8 Å².